The second-order valence-electron chi connectivity index (χ2n) is 6.87. The zero-order valence-corrected chi connectivity index (χ0v) is 12.5. The Morgan fingerprint density at radius 2 is 1.78 bits per heavy atom. The Labute approximate surface area is 114 Å². The normalized spacial score (nSPS) is 28.2. The largest absolute Gasteiger partial charge is 0.316 e. The Bertz CT molecular complexity index is 215. The standard InChI is InChI=1S/C16H32N2/c1-14(2)11-17-9-4-3-5-10-18-12-15-7-6-8-16(15)13-18/h14-17H,3-13H2,1-2H3. The Kier molecular flexibility index (Phi) is 5.97. The van der Waals surface area contributed by atoms with Crippen LogP contribution in [-0.4, -0.2) is 37.6 Å². The Balaban J connectivity index is 1.42. The Hall–Kier alpha value is -0.0800. The molecule has 0 aromatic heterocycles. The Morgan fingerprint density at radius 3 is 2.44 bits per heavy atom. The maximum atomic E-state index is 3.53. The summed E-state index contributed by atoms with van der Waals surface area (Å²) in [5.74, 6) is 2.92. The van der Waals surface area contributed by atoms with Crippen LogP contribution in [0.4, 0.5) is 0 Å². The zero-order valence-electron chi connectivity index (χ0n) is 12.5. The van der Waals surface area contributed by atoms with Gasteiger partial charge in [-0.3, -0.25) is 0 Å². The highest BCUT2D eigenvalue weighted by atomic mass is 15.2. The fraction of sp³-hybridized carbons (Fsp3) is 1.00. The molecule has 2 atom stereocenters. The van der Waals surface area contributed by atoms with Crippen LogP contribution in [0.15, 0.2) is 0 Å². The molecule has 0 aromatic rings. The first-order valence-corrected chi connectivity index (χ1v) is 8.19. The van der Waals surface area contributed by atoms with Crippen molar-refractivity contribution in [2.45, 2.75) is 52.4 Å². The van der Waals surface area contributed by atoms with Gasteiger partial charge in [0.1, 0.15) is 0 Å². The van der Waals surface area contributed by atoms with Gasteiger partial charge in [0.25, 0.3) is 0 Å². The summed E-state index contributed by atoms with van der Waals surface area (Å²) in [6.07, 6.45) is 8.69. The van der Waals surface area contributed by atoms with Crippen LogP contribution < -0.4 is 5.32 Å². The van der Waals surface area contributed by atoms with E-state index in [1.54, 1.807) is 0 Å². The maximum Gasteiger partial charge on any atom is 0.00129 e. The van der Waals surface area contributed by atoms with Crippen molar-refractivity contribution < 1.29 is 0 Å². The SMILES string of the molecule is CC(C)CNCCCCCN1CC2CCCC2C1. The highest BCUT2D eigenvalue weighted by Gasteiger charge is 2.35. The van der Waals surface area contributed by atoms with E-state index in [4.69, 9.17) is 0 Å². The number of hydrogen-bond acceptors (Lipinski definition) is 2. The number of nitrogens with zero attached hydrogens (tertiary/aromatic N) is 1. The Morgan fingerprint density at radius 1 is 1.06 bits per heavy atom. The first kappa shape index (κ1) is 14.3. The number of rotatable bonds is 8. The van der Waals surface area contributed by atoms with Gasteiger partial charge in [0.05, 0.1) is 0 Å². The average Bonchev–Trinajstić information content (AvgIpc) is 2.87. The molecule has 2 fully saturated rings. The number of likely N-dealkylation sites (tertiary alicyclic amines) is 1. The summed E-state index contributed by atoms with van der Waals surface area (Å²) >= 11 is 0. The van der Waals surface area contributed by atoms with Gasteiger partial charge in [0.2, 0.25) is 0 Å². The summed E-state index contributed by atoms with van der Waals surface area (Å²) in [5.41, 5.74) is 0. The van der Waals surface area contributed by atoms with E-state index in [2.05, 4.69) is 24.1 Å². The van der Waals surface area contributed by atoms with Gasteiger partial charge in [-0.15, -0.1) is 0 Å². The maximum absolute atomic E-state index is 3.53. The molecule has 0 radical (unpaired) electrons. The topological polar surface area (TPSA) is 15.3 Å². The van der Waals surface area contributed by atoms with Gasteiger partial charge < -0.3 is 10.2 Å². The first-order valence-electron chi connectivity index (χ1n) is 8.19. The van der Waals surface area contributed by atoms with E-state index in [-0.39, 0.29) is 0 Å². The molecule has 1 aliphatic carbocycles. The summed E-state index contributed by atoms with van der Waals surface area (Å²) < 4.78 is 0. The van der Waals surface area contributed by atoms with Crippen molar-refractivity contribution in [3.8, 4) is 0 Å². The van der Waals surface area contributed by atoms with Crippen LogP contribution in [0.25, 0.3) is 0 Å². The molecule has 1 aliphatic heterocycles. The van der Waals surface area contributed by atoms with Gasteiger partial charge in [0, 0.05) is 13.1 Å². The lowest BCUT2D eigenvalue weighted by molar-refractivity contribution is 0.302. The molecule has 2 aliphatic rings. The molecule has 106 valence electrons. The lowest BCUT2D eigenvalue weighted by atomic mass is 10.0. The highest BCUT2D eigenvalue weighted by molar-refractivity contribution is 4.88. The van der Waals surface area contributed by atoms with Gasteiger partial charge in [0.15, 0.2) is 0 Å². The summed E-state index contributed by atoms with van der Waals surface area (Å²) in [4.78, 5) is 2.73. The number of nitrogens with one attached hydrogen (secondary N) is 1. The molecule has 0 amide bonds. The van der Waals surface area contributed by atoms with Crippen molar-refractivity contribution in [2.75, 3.05) is 32.7 Å². The summed E-state index contributed by atoms with van der Waals surface area (Å²) in [7, 11) is 0. The fourth-order valence-corrected chi connectivity index (χ4v) is 3.67. The number of unbranched alkanes of at least 4 members (excludes halogenated alkanes) is 2. The van der Waals surface area contributed by atoms with Crippen LogP contribution in [-0.2, 0) is 0 Å². The van der Waals surface area contributed by atoms with Crippen molar-refractivity contribution in [3.05, 3.63) is 0 Å². The average molecular weight is 252 g/mol. The minimum Gasteiger partial charge on any atom is -0.316 e. The van der Waals surface area contributed by atoms with Crippen LogP contribution >= 0.6 is 0 Å². The van der Waals surface area contributed by atoms with Crippen LogP contribution in [0, 0.1) is 17.8 Å². The van der Waals surface area contributed by atoms with E-state index >= 15 is 0 Å². The molecular weight excluding hydrogens is 220 g/mol. The number of hydrogen-bond donors (Lipinski definition) is 1. The van der Waals surface area contributed by atoms with Crippen LogP contribution in [0.1, 0.15) is 52.4 Å². The van der Waals surface area contributed by atoms with E-state index in [9.17, 15) is 0 Å². The molecule has 1 heterocycles. The highest BCUT2D eigenvalue weighted by Crippen LogP contribution is 2.37. The molecule has 1 N–H and O–H groups in total. The monoisotopic (exact) mass is 252 g/mol. The molecule has 0 spiro atoms. The lowest BCUT2D eigenvalue weighted by Gasteiger charge is -2.16. The third-order valence-corrected chi connectivity index (χ3v) is 4.68. The van der Waals surface area contributed by atoms with Gasteiger partial charge >= 0.3 is 0 Å². The van der Waals surface area contributed by atoms with Crippen molar-refractivity contribution in [1.82, 2.24) is 10.2 Å². The predicted octanol–water partition coefficient (Wildman–Crippen LogP) is 3.13. The van der Waals surface area contributed by atoms with Gasteiger partial charge in [-0.05, 0) is 63.1 Å². The zero-order chi connectivity index (χ0) is 12.8. The van der Waals surface area contributed by atoms with Gasteiger partial charge in [-0.1, -0.05) is 26.7 Å². The third-order valence-electron chi connectivity index (χ3n) is 4.68. The van der Waals surface area contributed by atoms with Crippen molar-refractivity contribution in [1.29, 1.82) is 0 Å². The molecular formula is C16H32N2. The molecule has 0 bridgehead atoms. The first-order chi connectivity index (χ1) is 8.75. The molecule has 2 heteroatoms. The summed E-state index contributed by atoms with van der Waals surface area (Å²) in [5, 5.41) is 3.53. The predicted molar refractivity (Wildman–Crippen MR) is 78.8 cm³/mol. The molecule has 18 heavy (non-hydrogen) atoms. The second kappa shape index (κ2) is 7.49. The van der Waals surface area contributed by atoms with Crippen LogP contribution in [0.2, 0.25) is 0 Å². The van der Waals surface area contributed by atoms with E-state index in [0.29, 0.717) is 0 Å². The van der Waals surface area contributed by atoms with E-state index in [0.717, 1.165) is 17.8 Å². The molecule has 2 unspecified atom stereocenters. The lowest BCUT2D eigenvalue weighted by Crippen LogP contribution is -2.23. The van der Waals surface area contributed by atoms with Crippen LogP contribution in [0.5, 0.6) is 0 Å². The van der Waals surface area contributed by atoms with Crippen molar-refractivity contribution >= 4 is 0 Å². The molecule has 2 rings (SSSR count). The van der Waals surface area contributed by atoms with E-state index < -0.39 is 0 Å². The van der Waals surface area contributed by atoms with Crippen LogP contribution in [0.3, 0.4) is 0 Å². The van der Waals surface area contributed by atoms with Crippen molar-refractivity contribution in [3.63, 3.8) is 0 Å². The van der Waals surface area contributed by atoms with E-state index in [1.165, 1.54) is 71.2 Å². The summed E-state index contributed by atoms with van der Waals surface area (Å²) in [6, 6.07) is 0. The van der Waals surface area contributed by atoms with E-state index in [1.807, 2.05) is 0 Å². The smallest absolute Gasteiger partial charge is 0.00129 e. The van der Waals surface area contributed by atoms with Gasteiger partial charge in [-0.25, -0.2) is 0 Å². The summed E-state index contributed by atoms with van der Waals surface area (Å²) in [6.45, 7) is 11.1. The quantitative estimate of drug-likeness (QED) is 0.668. The minimum atomic E-state index is 0.786. The third kappa shape index (κ3) is 4.55. The van der Waals surface area contributed by atoms with Crippen molar-refractivity contribution in [2.24, 2.45) is 17.8 Å². The molecule has 1 saturated heterocycles. The van der Waals surface area contributed by atoms with Gasteiger partial charge in [-0.2, -0.15) is 0 Å². The number of fused-ring (bicyclic) bond motifs is 1. The molecule has 1 saturated carbocycles. The minimum absolute atomic E-state index is 0.786. The second-order valence-corrected chi connectivity index (χ2v) is 6.87. The molecule has 0 aromatic carbocycles. The molecule has 2 nitrogen and oxygen atoms in total. The fourth-order valence-electron chi connectivity index (χ4n) is 3.67.